The molecule has 0 aliphatic carbocycles. The third-order valence-corrected chi connectivity index (χ3v) is 9.14. The van der Waals surface area contributed by atoms with E-state index in [0.717, 1.165) is 20.3 Å². The lowest BCUT2D eigenvalue weighted by Crippen LogP contribution is -2.60. The van der Waals surface area contributed by atoms with E-state index in [2.05, 4.69) is 21.8 Å². The molecule has 1 saturated heterocycles. The van der Waals surface area contributed by atoms with Crippen LogP contribution in [0.1, 0.15) is 23.8 Å². The van der Waals surface area contributed by atoms with Gasteiger partial charge in [0.25, 0.3) is 0 Å². The summed E-state index contributed by atoms with van der Waals surface area (Å²) >= 11 is 8.03. The molecule has 1 fully saturated rings. The van der Waals surface area contributed by atoms with E-state index in [4.69, 9.17) is 22.1 Å². The Labute approximate surface area is 178 Å². The van der Waals surface area contributed by atoms with Crippen molar-refractivity contribution in [2.75, 3.05) is 20.3 Å². The second kappa shape index (κ2) is 7.29. The highest BCUT2D eigenvalue weighted by Crippen LogP contribution is 2.50. The first-order chi connectivity index (χ1) is 13.8. The summed E-state index contributed by atoms with van der Waals surface area (Å²) in [6.45, 7) is 2.18. The SMILES string of the molecule is CC#Cc1cncc(-c2cc(Cl)c(C34CCOCC3S(=O)(=O)N(C)C(N)=N4)s2)c1. The molecule has 2 atom stereocenters. The van der Waals surface area contributed by atoms with Gasteiger partial charge in [0.2, 0.25) is 16.0 Å². The number of hydrogen-bond acceptors (Lipinski definition) is 7. The van der Waals surface area contributed by atoms with E-state index < -0.39 is 20.8 Å². The molecule has 0 radical (unpaired) electrons. The fourth-order valence-electron chi connectivity index (χ4n) is 3.68. The van der Waals surface area contributed by atoms with Crippen LogP contribution in [-0.2, 0) is 20.3 Å². The number of aromatic nitrogens is 1. The lowest BCUT2D eigenvalue weighted by molar-refractivity contribution is 0.0545. The number of guanidine groups is 1. The smallest absolute Gasteiger partial charge is 0.245 e. The lowest BCUT2D eigenvalue weighted by Gasteiger charge is -2.45. The second-order valence-corrected chi connectivity index (χ2v) is 10.5. The largest absolute Gasteiger partial charge is 0.380 e. The molecule has 7 nitrogen and oxygen atoms in total. The first kappa shape index (κ1) is 20.2. The summed E-state index contributed by atoms with van der Waals surface area (Å²) in [5.74, 6) is 5.80. The molecule has 2 N–H and O–H groups in total. The predicted molar refractivity (Wildman–Crippen MR) is 114 cm³/mol. The molecule has 0 spiro atoms. The quantitative estimate of drug-likeness (QED) is 0.708. The highest BCUT2D eigenvalue weighted by Gasteiger charge is 2.56. The highest BCUT2D eigenvalue weighted by molar-refractivity contribution is 7.90. The van der Waals surface area contributed by atoms with Crippen LogP contribution < -0.4 is 5.73 Å². The molecule has 0 saturated carbocycles. The summed E-state index contributed by atoms with van der Waals surface area (Å²) in [4.78, 5) is 10.4. The Morgan fingerprint density at radius 1 is 1.41 bits per heavy atom. The van der Waals surface area contributed by atoms with Gasteiger partial charge in [0.05, 0.1) is 16.5 Å². The lowest BCUT2D eigenvalue weighted by atomic mass is 9.88. The van der Waals surface area contributed by atoms with Gasteiger partial charge >= 0.3 is 0 Å². The number of rotatable bonds is 2. The van der Waals surface area contributed by atoms with E-state index in [1.807, 2.05) is 12.1 Å². The summed E-state index contributed by atoms with van der Waals surface area (Å²) in [6.07, 6.45) is 3.80. The number of ether oxygens (including phenoxy) is 1. The molecule has 0 bridgehead atoms. The van der Waals surface area contributed by atoms with Gasteiger partial charge in [-0.3, -0.25) is 4.98 Å². The van der Waals surface area contributed by atoms with Gasteiger partial charge in [-0.15, -0.1) is 17.3 Å². The van der Waals surface area contributed by atoms with Crippen molar-refractivity contribution in [2.45, 2.75) is 24.1 Å². The molecule has 29 heavy (non-hydrogen) atoms. The number of nitrogens with zero attached hydrogens (tertiary/aromatic N) is 3. The van der Waals surface area contributed by atoms with Gasteiger partial charge in [-0.1, -0.05) is 17.5 Å². The number of hydrogen-bond donors (Lipinski definition) is 1. The molecule has 2 unspecified atom stereocenters. The fourth-order valence-corrected chi connectivity index (χ4v) is 7.19. The molecule has 4 heterocycles. The van der Waals surface area contributed by atoms with Crippen molar-refractivity contribution in [3.8, 4) is 22.3 Å². The van der Waals surface area contributed by atoms with Gasteiger partial charge in [-0.05, 0) is 19.1 Å². The van der Waals surface area contributed by atoms with E-state index in [9.17, 15) is 8.42 Å². The number of halogens is 1. The van der Waals surface area contributed by atoms with Crippen molar-refractivity contribution < 1.29 is 13.2 Å². The minimum absolute atomic E-state index is 0.0378. The maximum Gasteiger partial charge on any atom is 0.245 e. The van der Waals surface area contributed by atoms with E-state index in [1.165, 1.54) is 18.4 Å². The molecule has 2 aromatic rings. The van der Waals surface area contributed by atoms with Gasteiger partial charge in [0.1, 0.15) is 10.8 Å². The van der Waals surface area contributed by atoms with Crippen LogP contribution in [0.25, 0.3) is 10.4 Å². The van der Waals surface area contributed by atoms with Crippen LogP contribution in [0.4, 0.5) is 0 Å². The fraction of sp³-hybridized carbons (Fsp3) is 0.368. The van der Waals surface area contributed by atoms with E-state index in [0.29, 0.717) is 22.9 Å². The molecule has 152 valence electrons. The Hall–Kier alpha value is -2.12. The van der Waals surface area contributed by atoms with Gasteiger partial charge in [-0.25, -0.2) is 17.7 Å². The van der Waals surface area contributed by atoms with Crippen LogP contribution in [0.5, 0.6) is 0 Å². The number of fused-ring (bicyclic) bond motifs is 1. The van der Waals surface area contributed by atoms with Crippen molar-refractivity contribution in [3.05, 3.63) is 40.0 Å². The predicted octanol–water partition coefficient (Wildman–Crippen LogP) is 2.41. The van der Waals surface area contributed by atoms with E-state index >= 15 is 0 Å². The second-order valence-electron chi connectivity index (χ2n) is 6.85. The van der Waals surface area contributed by atoms with Crippen molar-refractivity contribution in [1.82, 2.24) is 9.29 Å². The van der Waals surface area contributed by atoms with Gasteiger partial charge < -0.3 is 10.5 Å². The Morgan fingerprint density at radius 2 is 2.21 bits per heavy atom. The standard InChI is InChI=1S/C19H19ClN4O3S2/c1-3-4-12-7-13(10-22-9-12)15-8-14(20)17(28-15)19-5-6-27-11-16(19)29(25,26)24(2)18(21)23-19/h7-10,16H,5-6,11H2,1-2H3,(H2,21,23). The first-order valence-electron chi connectivity index (χ1n) is 8.88. The minimum Gasteiger partial charge on any atom is -0.380 e. The molecular weight excluding hydrogens is 432 g/mol. The van der Waals surface area contributed by atoms with Crippen LogP contribution in [0.3, 0.4) is 0 Å². The number of pyridine rings is 1. The summed E-state index contributed by atoms with van der Waals surface area (Å²) in [6, 6.07) is 3.75. The van der Waals surface area contributed by atoms with Crippen molar-refractivity contribution in [1.29, 1.82) is 0 Å². The van der Waals surface area contributed by atoms with E-state index in [1.54, 1.807) is 19.3 Å². The van der Waals surface area contributed by atoms with Gasteiger partial charge in [0, 0.05) is 48.5 Å². The van der Waals surface area contributed by atoms with Crippen LogP contribution in [0.2, 0.25) is 5.02 Å². The van der Waals surface area contributed by atoms with Crippen LogP contribution in [0, 0.1) is 11.8 Å². The summed E-state index contributed by atoms with van der Waals surface area (Å²) in [5, 5.41) is -0.430. The van der Waals surface area contributed by atoms with Gasteiger partial charge in [-0.2, -0.15) is 0 Å². The van der Waals surface area contributed by atoms with Gasteiger partial charge in [0.15, 0.2) is 0 Å². The highest BCUT2D eigenvalue weighted by atomic mass is 35.5. The maximum atomic E-state index is 13.1. The van der Waals surface area contributed by atoms with E-state index in [-0.39, 0.29) is 12.6 Å². The Kier molecular flexibility index (Phi) is 5.07. The summed E-state index contributed by atoms with van der Waals surface area (Å²) in [5.41, 5.74) is 6.58. The number of aliphatic imine (C=N–C) groups is 1. The molecule has 2 aliphatic rings. The Balaban J connectivity index is 1.88. The third kappa shape index (κ3) is 3.20. The molecule has 2 aliphatic heterocycles. The van der Waals surface area contributed by atoms with Crippen LogP contribution in [0.15, 0.2) is 29.5 Å². The zero-order valence-corrected chi connectivity index (χ0v) is 18.2. The number of thiophene rings is 1. The molecule has 4 rings (SSSR count). The zero-order chi connectivity index (χ0) is 20.8. The zero-order valence-electron chi connectivity index (χ0n) is 15.8. The maximum absolute atomic E-state index is 13.1. The average Bonchev–Trinajstić information content (AvgIpc) is 3.09. The Morgan fingerprint density at radius 3 is 2.97 bits per heavy atom. The Bertz CT molecular complexity index is 1170. The normalized spacial score (nSPS) is 25.6. The molecule has 2 aromatic heterocycles. The minimum atomic E-state index is -3.73. The van der Waals surface area contributed by atoms with Crippen LogP contribution in [-0.4, -0.2) is 49.2 Å². The molecular formula is C19H19ClN4O3S2. The monoisotopic (exact) mass is 450 g/mol. The van der Waals surface area contributed by atoms with Crippen molar-refractivity contribution in [3.63, 3.8) is 0 Å². The first-order valence-corrected chi connectivity index (χ1v) is 11.6. The molecule has 10 heteroatoms. The number of nitrogens with two attached hydrogens (primary N) is 1. The van der Waals surface area contributed by atoms with Crippen molar-refractivity contribution >= 4 is 38.9 Å². The average molecular weight is 451 g/mol. The number of sulfonamides is 1. The summed E-state index contributed by atoms with van der Waals surface area (Å²) < 4.78 is 32.6. The van der Waals surface area contributed by atoms with Crippen LogP contribution >= 0.6 is 22.9 Å². The molecule has 0 amide bonds. The topological polar surface area (TPSA) is 97.9 Å². The third-order valence-electron chi connectivity index (χ3n) is 5.18. The summed E-state index contributed by atoms with van der Waals surface area (Å²) in [7, 11) is -2.33. The molecule has 0 aromatic carbocycles. The van der Waals surface area contributed by atoms with Crippen molar-refractivity contribution in [2.24, 2.45) is 10.7 Å².